The number of ether oxygens (including phenoxy) is 2. The van der Waals surface area contributed by atoms with Crippen LogP contribution in [0.4, 0.5) is 0 Å². The van der Waals surface area contributed by atoms with E-state index in [1.165, 1.54) is 0 Å². The van der Waals surface area contributed by atoms with Crippen LogP contribution in [-0.4, -0.2) is 19.0 Å². The van der Waals surface area contributed by atoms with Gasteiger partial charge in [0.2, 0.25) is 0 Å². The molecule has 0 spiro atoms. The van der Waals surface area contributed by atoms with Crippen LogP contribution in [0.5, 0.6) is 0 Å². The molecule has 2 heteroatoms. The summed E-state index contributed by atoms with van der Waals surface area (Å²) in [5.74, 6) is 0. The fourth-order valence-corrected chi connectivity index (χ4v) is 1.69. The minimum Gasteiger partial charge on any atom is -0.348 e. The van der Waals surface area contributed by atoms with E-state index in [1.54, 1.807) is 0 Å². The van der Waals surface area contributed by atoms with Gasteiger partial charge in [-0.1, -0.05) is 50.3 Å². The van der Waals surface area contributed by atoms with E-state index in [9.17, 15) is 0 Å². The summed E-state index contributed by atoms with van der Waals surface area (Å²) in [5, 5.41) is 0. The molecular weight excluding hydrogens is 212 g/mol. The molecule has 2 nitrogen and oxygen atoms in total. The predicted molar refractivity (Wildman–Crippen MR) is 69.5 cm³/mol. The molecule has 1 aliphatic heterocycles. The minimum atomic E-state index is -0.224. The third kappa shape index (κ3) is 3.18. The van der Waals surface area contributed by atoms with Crippen molar-refractivity contribution in [2.45, 2.75) is 33.2 Å². The van der Waals surface area contributed by atoms with Crippen LogP contribution in [-0.2, 0) is 9.47 Å². The second kappa shape index (κ2) is 5.03. The summed E-state index contributed by atoms with van der Waals surface area (Å²) in [6, 6.07) is 10.2. The van der Waals surface area contributed by atoms with E-state index in [0.717, 1.165) is 12.2 Å². The third-order valence-corrected chi connectivity index (χ3v) is 3.30. The van der Waals surface area contributed by atoms with Gasteiger partial charge in [-0.15, -0.1) is 0 Å². The minimum absolute atomic E-state index is 0.0943. The molecule has 0 N–H and O–H groups in total. The van der Waals surface area contributed by atoms with Crippen molar-refractivity contribution in [1.29, 1.82) is 0 Å². The highest BCUT2D eigenvalue weighted by molar-refractivity contribution is 5.48. The van der Waals surface area contributed by atoms with Gasteiger partial charge in [0, 0.05) is 5.41 Å². The number of hydrogen-bond donors (Lipinski definition) is 0. The lowest BCUT2D eigenvalue weighted by Crippen LogP contribution is -2.43. The topological polar surface area (TPSA) is 18.5 Å². The molecule has 2 rings (SSSR count). The van der Waals surface area contributed by atoms with Crippen LogP contribution in [0.25, 0.3) is 6.08 Å². The largest absolute Gasteiger partial charge is 0.348 e. The van der Waals surface area contributed by atoms with Crippen molar-refractivity contribution in [1.82, 2.24) is 0 Å². The predicted octanol–water partition coefficient (Wildman–Crippen LogP) is 3.49. The van der Waals surface area contributed by atoms with E-state index < -0.39 is 0 Å². The first kappa shape index (κ1) is 12.3. The summed E-state index contributed by atoms with van der Waals surface area (Å²) in [6.45, 7) is 7.16. The third-order valence-electron chi connectivity index (χ3n) is 3.30. The molecule has 0 aromatic heterocycles. The fourth-order valence-electron chi connectivity index (χ4n) is 1.69. The lowest BCUT2D eigenvalue weighted by molar-refractivity contribution is -0.232. The van der Waals surface area contributed by atoms with E-state index in [1.807, 2.05) is 30.4 Å². The Morgan fingerprint density at radius 2 is 1.94 bits per heavy atom. The average Bonchev–Trinajstić information content (AvgIpc) is 2.32. The Labute approximate surface area is 103 Å². The zero-order valence-electron chi connectivity index (χ0n) is 10.7. The highest BCUT2D eigenvalue weighted by Gasteiger charge is 2.34. The SMILES string of the molecule is CC1OC(/C=C/c2ccccc2)OCC1(C)C. The summed E-state index contributed by atoms with van der Waals surface area (Å²) in [4.78, 5) is 0. The standard InChI is InChI=1S/C15H20O2/c1-12-15(2,3)11-16-14(17-12)10-9-13-7-5-4-6-8-13/h4-10,12,14H,11H2,1-3H3/b10-9+. The molecule has 1 aromatic rings. The van der Waals surface area contributed by atoms with Gasteiger partial charge in [-0.25, -0.2) is 0 Å². The molecule has 17 heavy (non-hydrogen) atoms. The molecule has 1 saturated heterocycles. The molecule has 2 unspecified atom stereocenters. The van der Waals surface area contributed by atoms with E-state index >= 15 is 0 Å². The molecule has 1 fully saturated rings. The zero-order valence-corrected chi connectivity index (χ0v) is 10.7. The van der Waals surface area contributed by atoms with Crippen molar-refractivity contribution in [2.75, 3.05) is 6.61 Å². The molecular formula is C15H20O2. The van der Waals surface area contributed by atoms with Crippen LogP contribution in [0.1, 0.15) is 26.3 Å². The second-order valence-corrected chi connectivity index (χ2v) is 5.22. The fraction of sp³-hybridized carbons (Fsp3) is 0.467. The van der Waals surface area contributed by atoms with E-state index in [0.29, 0.717) is 0 Å². The summed E-state index contributed by atoms with van der Waals surface area (Å²) >= 11 is 0. The van der Waals surface area contributed by atoms with Crippen LogP contribution in [0.2, 0.25) is 0 Å². The average molecular weight is 232 g/mol. The first-order valence-corrected chi connectivity index (χ1v) is 6.08. The molecule has 0 radical (unpaired) electrons. The summed E-state index contributed by atoms with van der Waals surface area (Å²) < 4.78 is 11.5. The number of benzene rings is 1. The van der Waals surface area contributed by atoms with Crippen LogP contribution in [0.15, 0.2) is 36.4 Å². The second-order valence-electron chi connectivity index (χ2n) is 5.22. The van der Waals surface area contributed by atoms with Crippen molar-refractivity contribution in [3.8, 4) is 0 Å². The maximum atomic E-state index is 5.81. The van der Waals surface area contributed by atoms with Gasteiger partial charge in [0.05, 0.1) is 12.7 Å². The van der Waals surface area contributed by atoms with Gasteiger partial charge >= 0.3 is 0 Å². The van der Waals surface area contributed by atoms with Gasteiger partial charge in [0.25, 0.3) is 0 Å². The Hall–Kier alpha value is -1.12. The highest BCUT2D eigenvalue weighted by atomic mass is 16.7. The number of rotatable bonds is 2. The van der Waals surface area contributed by atoms with Crippen LogP contribution in [0, 0.1) is 5.41 Å². The van der Waals surface area contributed by atoms with Gasteiger partial charge in [-0.3, -0.25) is 0 Å². The van der Waals surface area contributed by atoms with E-state index in [4.69, 9.17) is 9.47 Å². The van der Waals surface area contributed by atoms with Crippen molar-refractivity contribution >= 4 is 6.08 Å². The summed E-state index contributed by atoms with van der Waals surface area (Å²) in [5.41, 5.74) is 1.26. The molecule has 2 atom stereocenters. The van der Waals surface area contributed by atoms with Crippen molar-refractivity contribution < 1.29 is 9.47 Å². The Morgan fingerprint density at radius 1 is 1.24 bits per heavy atom. The summed E-state index contributed by atoms with van der Waals surface area (Å²) in [7, 11) is 0. The Balaban J connectivity index is 1.96. The summed E-state index contributed by atoms with van der Waals surface area (Å²) in [6.07, 6.45) is 4.00. The van der Waals surface area contributed by atoms with Gasteiger partial charge in [-0.05, 0) is 18.6 Å². The smallest absolute Gasteiger partial charge is 0.177 e. The highest BCUT2D eigenvalue weighted by Crippen LogP contribution is 2.30. The zero-order chi connectivity index (χ0) is 12.3. The normalized spacial score (nSPS) is 28.4. The Morgan fingerprint density at radius 3 is 2.59 bits per heavy atom. The van der Waals surface area contributed by atoms with Crippen LogP contribution in [0.3, 0.4) is 0 Å². The molecule has 1 aliphatic rings. The van der Waals surface area contributed by atoms with Gasteiger partial charge < -0.3 is 9.47 Å². The van der Waals surface area contributed by atoms with Gasteiger partial charge in [-0.2, -0.15) is 0 Å². The molecule has 92 valence electrons. The molecule has 0 saturated carbocycles. The van der Waals surface area contributed by atoms with Gasteiger partial charge in [0.1, 0.15) is 0 Å². The maximum Gasteiger partial charge on any atom is 0.177 e. The first-order valence-electron chi connectivity index (χ1n) is 6.08. The lowest BCUT2D eigenvalue weighted by atomic mass is 9.88. The quantitative estimate of drug-likeness (QED) is 0.777. The lowest BCUT2D eigenvalue weighted by Gasteiger charge is -2.39. The van der Waals surface area contributed by atoms with E-state index in [-0.39, 0.29) is 17.8 Å². The van der Waals surface area contributed by atoms with Crippen molar-refractivity contribution in [2.24, 2.45) is 5.41 Å². The Kier molecular flexibility index (Phi) is 3.65. The molecule has 1 aromatic carbocycles. The first-order chi connectivity index (χ1) is 8.08. The monoisotopic (exact) mass is 232 g/mol. The van der Waals surface area contributed by atoms with Gasteiger partial charge in [0.15, 0.2) is 6.29 Å². The van der Waals surface area contributed by atoms with Crippen molar-refractivity contribution in [3.63, 3.8) is 0 Å². The molecule has 1 heterocycles. The molecule has 0 bridgehead atoms. The van der Waals surface area contributed by atoms with Crippen molar-refractivity contribution in [3.05, 3.63) is 42.0 Å². The maximum absolute atomic E-state index is 5.81. The number of hydrogen-bond acceptors (Lipinski definition) is 2. The van der Waals surface area contributed by atoms with E-state index in [2.05, 4.69) is 32.9 Å². The Bertz CT molecular complexity index is 381. The van der Waals surface area contributed by atoms with Crippen LogP contribution >= 0.6 is 0 Å². The molecule has 0 amide bonds. The molecule has 0 aliphatic carbocycles. The van der Waals surface area contributed by atoms with Crippen LogP contribution < -0.4 is 0 Å².